The highest BCUT2D eigenvalue weighted by Crippen LogP contribution is 2.25. The topological polar surface area (TPSA) is 243 Å². The average molecular weight is 362 g/mol. The molecule has 12 nitrogen and oxygen atoms in total. The van der Waals surface area contributed by atoms with Crippen molar-refractivity contribution in [3.63, 3.8) is 0 Å². The third-order valence-corrected chi connectivity index (χ3v) is 3.90. The van der Waals surface area contributed by atoms with Crippen LogP contribution >= 0.6 is 0 Å². The minimum absolute atomic E-state index is 0. The van der Waals surface area contributed by atoms with Crippen LogP contribution in [0.2, 0.25) is 0 Å². The Morgan fingerprint density at radius 3 is 1.75 bits per heavy atom. The fraction of sp³-hybridized carbons (Fsp3) is 1.00. The van der Waals surface area contributed by atoms with Gasteiger partial charge in [0.15, 0.2) is 0 Å². The molecular weight excluding hydrogens is 336 g/mol. The standard InChI is InChI=1S/C12H24O11.H2O/c13-1-3(15)5(16)7(18)9(20)11(22)12-10(21)8(19)6(17)4(2-14)23-12;/h3-22H,1-2H2;1H2/t3-,4-,5-,6+,7+,8+,9-,10-,11?,12?;/m1./s1. The fourth-order valence-corrected chi connectivity index (χ4v) is 2.35. The van der Waals surface area contributed by atoms with Gasteiger partial charge < -0.3 is 61.3 Å². The van der Waals surface area contributed by atoms with Gasteiger partial charge >= 0.3 is 0 Å². The van der Waals surface area contributed by atoms with Crippen LogP contribution < -0.4 is 0 Å². The van der Waals surface area contributed by atoms with Crippen LogP contribution in [0.1, 0.15) is 0 Å². The molecule has 1 heterocycles. The lowest BCUT2D eigenvalue weighted by molar-refractivity contribution is -0.264. The zero-order valence-corrected chi connectivity index (χ0v) is 12.6. The lowest BCUT2D eigenvalue weighted by Crippen LogP contribution is -2.64. The van der Waals surface area contributed by atoms with E-state index >= 15 is 0 Å². The van der Waals surface area contributed by atoms with Gasteiger partial charge in [-0.3, -0.25) is 0 Å². The Morgan fingerprint density at radius 2 is 1.29 bits per heavy atom. The second kappa shape index (κ2) is 9.86. The molecule has 0 aromatic carbocycles. The molecule has 0 radical (unpaired) electrons. The number of hydrogen-bond donors (Lipinski definition) is 10. The van der Waals surface area contributed by atoms with Crippen molar-refractivity contribution >= 4 is 0 Å². The third kappa shape index (κ3) is 4.78. The Bertz CT molecular complexity index is 355. The molecule has 24 heavy (non-hydrogen) atoms. The highest BCUT2D eigenvalue weighted by molar-refractivity contribution is 4.98. The molecule has 1 aliphatic heterocycles. The summed E-state index contributed by atoms with van der Waals surface area (Å²) in [7, 11) is 0. The summed E-state index contributed by atoms with van der Waals surface area (Å²) in [6, 6.07) is 0. The number of hydrogen-bond acceptors (Lipinski definition) is 11. The van der Waals surface area contributed by atoms with E-state index in [1.807, 2.05) is 0 Å². The van der Waals surface area contributed by atoms with Crippen LogP contribution in [0, 0.1) is 0 Å². The molecule has 0 amide bonds. The normalized spacial score (nSPS) is 37.0. The Kier molecular flexibility index (Phi) is 9.66. The molecule has 12 N–H and O–H groups in total. The Morgan fingerprint density at radius 1 is 0.750 bits per heavy atom. The van der Waals surface area contributed by atoms with Gasteiger partial charge in [-0.15, -0.1) is 0 Å². The second-order valence-corrected chi connectivity index (χ2v) is 5.51. The first-order valence-corrected chi connectivity index (χ1v) is 6.99. The maximum Gasteiger partial charge on any atom is 0.115 e. The van der Waals surface area contributed by atoms with Crippen LogP contribution in [0.5, 0.6) is 0 Å². The molecule has 1 aliphatic rings. The van der Waals surface area contributed by atoms with Crippen molar-refractivity contribution in [3.05, 3.63) is 0 Å². The van der Waals surface area contributed by atoms with Crippen molar-refractivity contribution in [1.29, 1.82) is 0 Å². The lowest BCUT2D eigenvalue weighted by atomic mass is 9.88. The molecule has 10 atom stereocenters. The Labute approximate surface area is 136 Å². The predicted molar refractivity (Wildman–Crippen MR) is 74.5 cm³/mol. The van der Waals surface area contributed by atoms with E-state index in [2.05, 4.69) is 0 Å². The molecule has 1 rings (SSSR count). The zero-order chi connectivity index (χ0) is 17.9. The summed E-state index contributed by atoms with van der Waals surface area (Å²) in [5, 5.41) is 94.9. The molecule has 0 saturated carbocycles. The van der Waals surface area contributed by atoms with Crippen LogP contribution in [0.3, 0.4) is 0 Å². The second-order valence-electron chi connectivity index (χ2n) is 5.51. The van der Waals surface area contributed by atoms with E-state index in [0.717, 1.165) is 0 Å². The molecule has 12 heteroatoms. The van der Waals surface area contributed by atoms with E-state index < -0.39 is 74.3 Å². The maximum absolute atomic E-state index is 9.98. The van der Waals surface area contributed by atoms with Gasteiger partial charge in [0.05, 0.1) is 13.2 Å². The van der Waals surface area contributed by atoms with Crippen molar-refractivity contribution in [2.24, 2.45) is 0 Å². The molecule has 0 aromatic rings. The van der Waals surface area contributed by atoms with Crippen molar-refractivity contribution in [3.8, 4) is 0 Å². The first-order valence-electron chi connectivity index (χ1n) is 6.99. The zero-order valence-electron chi connectivity index (χ0n) is 12.6. The van der Waals surface area contributed by atoms with Gasteiger partial charge in [-0.2, -0.15) is 0 Å². The van der Waals surface area contributed by atoms with E-state index in [0.29, 0.717) is 0 Å². The van der Waals surface area contributed by atoms with Crippen molar-refractivity contribution < 1.29 is 61.3 Å². The summed E-state index contributed by atoms with van der Waals surface area (Å²) in [5.74, 6) is 0. The summed E-state index contributed by atoms with van der Waals surface area (Å²) in [5.41, 5.74) is 0. The van der Waals surface area contributed by atoms with Crippen molar-refractivity contribution in [1.82, 2.24) is 0 Å². The molecule has 1 saturated heterocycles. The van der Waals surface area contributed by atoms with E-state index in [9.17, 15) is 40.9 Å². The molecule has 146 valence electrons. The molecule has 0 spiro atoms. The van der Waals surface area contributed by atoms with Crippen LogP contribution in [-0.4, -0.2) is 131 Å². The summed E-state index contributed by atoms with van der Waals surface area (Å²) >= 11 is 0. The molecule has 0 aliphatic carbocycles. The van der Waals surface area contributed by atoms with Gasteiger partial charge in [-0.25, -0.2) is 0 Å². The van der Waals surface area contributed by atoms with Crippen LogP contribution in [0.25, 0.3) is 0 Å². The smallest absolute Gasteiger partial charge is 0.115 e. The minimum atomic E-state index is -2.13. The summed E-state index contributed by atoms with van der Waals surface area (Å²) in [4.78, 5) is 0. The Hall–Kier alpha value is -0.480. The highest BCUT2D eigenvalue weighted by Gasteiger charge is 2.49. The Balaban J connectivity index is 0.00000529. The number of aliphatic hydroxyl groups excluding tert-OH is 10. The predicted octanol–water partition coefficient (Wildman–Crippen LogP) is -7.20. The van der Waals surface area contributed by atoms with Gasteiger partial charge in [-0.05, 0) is 0 Å². The van der Waals surface area contributed by atoms with Crippen LogP contribution in [0.4, 0.5) is 0 Å². The first kappa shape index (κ1) is 23.5. The summed E-state index contributed by atoms with van der Waals surface area (Å²) < 4.78 is 5.01. The maximum atomic E-state index is 9.98. The summed E-state index contributed by atoms with van der Waals surface area (Å²) in [6.45, 7) is -1.67. The van der Waals surface area contributed by atoms with E-state index in [4.69, 9.17) is 14.9 Å². The van der Waals surface area contributed by atoms with Gasteiger partial charge in [0, 0.05) is 0 Å². The number of ether oxygens (including phenoxy) is 1. The van der Waals surface area contributed by atoms with Crippen molar-refractivity contribution in [2.45, 2.75) is 61.0 Å². The van der Waals surface area contributed by atoms with Gasteiger partial charge in [0.1, 0.15) is 61.0 Å². The number of aliphatic hydroxyl groups is 10. The monoisotopic (exact) mass is 362 g/mol. The molecule has 0 bridgehead atoms. The van der Waals surface area contributed by atoms with E-state index in [1.54, 1.807) is 0 Å². The van der Waals surface area contributed by atoms with E-state index in [1.165, 1.54) is 0 Å². The SMILES string of the molecule is O.OC[C@@H](O)[C@@H](O)[C@H](O)[C@@H](O)C(O)C1O[C@H](CO)[C@H](O)[C@H](O)[C@H]1O. The number of rotatable bonds is 7. The van der Waals surface area contributed by atoms with Gasteiger partial charge in [-0.1, -0.05) is 0 Å². The van der Waals surface area contributed by atoms with Crippen LogP contribution in [-0.2, 0) is 4.74 Å². The van der Waals surface area contributed by atoms with Gasteiger partial charge in [0.25, 0.3) is 0 Å². The van der Waals surface area contributed by atoms with E-state index in [-0.39, 0.29) is 5.48 Å². The van der Waals surface area contributed by atoms with Crippen LogP contribution in [0.15, 0.2) is 0 Å². The largest absolute Gasteiger partial charge is 0.412 e. The quantitative estimate of drug-likeness (QED) is 0.204. The molecular formula is C12H26O12. The fourth-order valence-electron chi connectivity index (χ4n) is 2.35. The van der Waals surface area contributed by atoms with Gasteiger partial charge in [0.2, 0.25) is 0 Å². The highest BCUT2D eigenvalue weighted by atomic mass is 16.6. The minimum Gasteiger partial charge on any atom is -0.412 e. The third-order valence-electron chi connectivity index (χ3n) is 3.90. The first-order chi connectivity index (χ1) is 10.7. The molecule has 1 fully saturated rings. The molecule has 0 aromatic heterocycles. The lowest BCUT2D eigenvalue weighted by Gasteiger charge is -2.43. The summed E-state index contributed by atoms with van der Waals surface area (Å²) in [6.07, 6.45) is -18.4. The van der Waals surface area contributed by atoms with Crippen molar-refractivity contribution in [2.75, 3.05) is 13.2 Å². The average Bonchev–Trinajstić information content (AvgIpc) is 2.56. The molecule has 2 unspecified atom stereocenters.